The number of halogens is 2. The Morgan fingerprint density at radius 3 is 2.78 bits per heavy atom. The molecule has 4 nitrogen and oxygen atoms in total. The number of amides is 1. The van der Waals surface area contributed by atoms with Gasteiger partial charge in [-0.3, -0.25) is 4.79 Å². The molecule has 0 bridgehead atoms. The van der Waals surface area contributed by atoms with Gasteiger partial charge in [0.15, 0.2) is 0 Å². The number of carbonyl (C=O) groups excluding carboxylic acids is 1. The first-order valence-electron chi connectivity index (χ1n) is 7.37. The highest BCUT2D eigenvalue weighted by Gasteiger charge is 2.31. The zero-order chi connectivity index (χ0) is 16.4. The molecule has 1 fully saturated rings. The first kappa shape index (κ1) is 15.9. The van der Waals surface area contributed by atoms with Gasteiger partial charge in [-0.15, -0.1) is 0 Å². The van der Waals surface area contributed by atoms with Gasteiger partial charge >= 0.3 is 0 Å². The number of rotatable bonds is 3. The highest BCUT2D eigenvalue weighted by Crippen LogP contribution is 2.28. The number of nitrogens with one attached hydrogen (secondary N) is 3. The zero-order valence-corrected chi connectivity index (χ0v) is 13.3. The standard InChI is InChI=1S/C17H17ClFN3O/c1-10-8-11(19)6-7-14(10)20-17(23)16-9-15(21-22-16)12-4-2-3-5-13(12)18/h2-8,15-16,21-22H,9H2,1H3,(H,20,23). The Bertz CT molecular complexity index is 738. The number of hydrogen-bond donors (Lipinski definition) is 3. The van der Waals surface area contributed by atoms with Crippen molar-refractivity contribution in [2.45, 2.75) is 25.4 Å². The number of hydrazine groups is 1. The maximum Gasteiger partial charge on any atom is 0.242 e. The van der Waals surface area contributed by atoms with Crippen molar-refractivity contribution in [1.82, 2.24) is 10.9 Å². The van der Waals surface area contributed by atoms with Gasteiger partial charge in [0.2, 0.25) is 5.91 Å². The Labute approximate surface area is 139 Å². The first-order valence-corrected chi connectivity index (χ1v) is 7.75. The molecule has 1 aliphatic rings. The molecule has 2 aromatic carbocycles. The second-order valence-electron chi connectivity index (χ2n) is 5.60. The van der Waals surface area contributed by atoms with E-state index in [-0.39, 0.29) is 23.8 Å². The van der Waals surface area contributed by atoms with E-state index < -0.39 is 0 Å². The maximum atomic E-state index is 13.1. The molecule has 120 valence electrons. The average molecular weight is 334 g/mol. The van der Waals surface area contributed by atoms with Crippen molar-refractivity contribution in [3.05, 3.63) is 64.4 Å². The largest absolute Gasteiger partial charge is 0.324 e. The zero-order valence-electron chi connectivity index (χ0n) is 12.6. The van der Waals surface area contributed by atoms with Gasteiger partial charge in [0, 0.05) is 16.8 Å². The van der Waals surface area contributed by atoms with Gasteiger partial charge in [-0.05, 0) is 48.7 Å². The van der Waals surface area contributed by atoms with Gasteiger partial charge in [0.05, 0.1) is 0 Å². The lowest BCUT2D eigenvalue weighted by Crippen LogP contribution is -2.39. The molecular formula is C17H17ClFN3O. The lowest BCUT2D eigenvalue weighted by Gasteiger charge is -2.13. The number of benzene rings is 2. The van der Waals surface area contributed by atoms with E-state index in [9.17, 15) is 9.18 Å². The van der Waals surface area contributed by atoms with Crippen LogP contribution in [0.1, 0.15) is 23.6 Å². The van der Waals surface area contributed by atoms with E-state index in [4.69, 9.17) is 11.6 Å². The monoisotopic (exact) mass is 333 g/mol. The van der Waals surface area contributed by atoms with E-state index in [1.807, 2.05) is 24.3 Å². The third-order valence-electron chi connectivity index (χ3n) is 3.95. The molecule has 0 aliphatic carbocycles. The van der Waals surface area contributed by atoms with Crippen molar-refractivity contribution >= 4 is 23.2 Å². The normalized spacial score (nSPS) is 20.5. The SMILES string of the molecule is Cc1cc(F)ccc1NC(=O)C1CC(c2ccccc2Cl)NN1. The molecule has 23 heavy (non-hydrogen) atoms. The summed E-state index contributed by atoms with van der Waals surface area (Å²) in [6.07, 6.45) is 0.579. The molecule has 3 rings (SSSR count). The molecule has 6 heteroatoms. The van der Waals surface area contributed by atoms with E-state index in [1.54, 1.807) is 13.0 Å². The third kappa shape index (κ3) is 3.52. The second kappa shape index (κ2) is 6.66. The van der Waals surface area contributed by atoms with Crippen LogP contribution in [0.5, 0.6) is 0 Å². The summed E-state index contributed by atoms with van der Waals surface area (Å²) in [6, 6.07) is 11.4. The molecule has 0 spiro atoms. The topological polar surface area (TPSA) is 53.2 Å². The third-order valence-corrected chi connectivity index (χ3v) is 4.29. The predicted octanol–water partition coefficient (Wildman–Crippen LogP) is 3.33. The number of anilines is 1. The Kier molecular flexibility index (Phi) is 4.61. The van der Waals surface area contributed by atoms with Gasteiger partial charge in [-0.1, -0.05) is 29.8 Å². The first-order chi connectivity index (χ1) is 11.0. The van der Waals surface area contributed by atoms with Crippen LogP contribution in [0, 0.1) is 12.7 Å². The highest BCUT2D eigenvalue weighted by molar-refractivity contribution is 6.31. The summed E-state index contributed by atoms with van der Waals surface area (Å²) in [4.78, 5) is 12.4. The van der Waals surface area contributed by atoms with E-state index >= 15 is 0 Å². The summed E-state index contributed by atoms with van der Waals surface area (Å²) in [5, 5.41) is 3.49. The summed E-state index contributed by atoms with van der Waals surface area (Å²) in [6.45, 7) is 1.76. The lowest BCUT2D eigenvalue weighted by atomic mass is 10.0. The van der Waals surface area contributed by atoms with E-state index in [1.165, 1.54) is 12.1 Å². The molecule has 1 amide bonds. The van der Waals surface area contributed by atoms with Gasteiger partial charge < -0.3 is 5.32 Å². The molecule has 2 atom stereocenters. The minimum atomic E-state index is -0.388. The van der Waals surface area contributed by atoms with Crippen LogP contribution in [-0.4, -0.2) is 11.9 Å². The van der Waals surface area contributed by atoms with Crippen molar-refractivity contribution in [2.75, 3.05) is 5.32 Å². The number of carbonyl (C=O) groups is 1. The van der Waals surface area contributed by atoms with Crippen LogP contribution in [0.4, 0.5) is 10.1 Å². The van der Waals surface area contributed by atoms with Crippen LogP contribution in [0.25, 0.3) is 0 Å². The van der Waals surface area contributed by atoms with Crippen LogP contribution in [0.15, 0.2) is 42.5 Å². The van der Waals surface area contributed by atoms with Gasteiger partial charge in [-0.2, -0.15) is 0 Å². The van der Waals surface area contributed by atoms with Crippen LogP contribution < -0.4 is 16.2 Å². The van der Waals surface area contributed by atoms with Crippen LogP contribution in [0.3, 0.4) is 0 Å². The lowest BCUT2D eigenvalue weighted by molar-refractivity contribution is -0.117. The van der Waals surface area contributed by atoms with Crippen molar-refractivity contribution in [1.29, 1.82) is 0 Å². The average Bonchev–Trinajstić information content (AvgIpc) is 3.00. The summed E-state index contributed by atoms with van der Waals surface area (Å²) in [5.41, 5.74) is 8.34. The van der Waals surface area contributed by atoms with Gasteiger partial charge in [0.25, 0.3) is 0 Å². The molecule has 2 unspecified atom stereocenters. The number of hydrogen-bond acceptors (Lipinski definition) is 3. The maximum absolute atomic E-state index is 13.1. The Morgan fingerprint density at radius 1 is 1.26 bits per heavy atom. The molecule has 1 heterocycles. The predicted molar refractivity (Wildman–Crippen MR) is 88.6 cm³/mol. The quantitative estimate of drug-likeness (QED) is 0.807. The van der Waals surface area contributed by atoms with Crippen molar-refractivity contribution in [3.8, 4) is 0 Å². The highest BCUT2D eigenvalue weighted by atomic mass is 35.5. The minimum Gasteiger partial charge on any atom is -0.324 e. The van der Waals surface area contributed by atoms with E-state index in [2.05, 4.69) is 16.2 Å². The van der Waals surface area contributed by atoms with E-state index in [0.717, 1.165) is 5.56 Å². The fourth-order valence-corrected chi connectivity index (χ4v) is 2.94. The van der Waals surface area contributed by atoms with Crippen molar-refractivity contribution < 1.29 is 9.18 Å². The molecule has 1 aliphatic heterocycles. The van der Waals surface area contributed by atoms with E-state index in [0.29, 0.717) is 22.7 Å². The summed E-state index contributed by atoms with van der Waals surface area (Å²) >= 11 is 6.19. The molecule has 3 N–H and O–H groups in total. The number of aryl methyl sites for hydroxylation is 1. The Balaban J connectivity index is 1.67. The molecule has 0 saturated carbocycles. The van der Waals surface area contributed by atoms with Crippen molar-refractivity contribution in [3.63, 3.8) is 0 Å². The van der Waals surface area contributed by atoms with Gasteiger partial charge in [-0.25, -0.2) is 15.2 Å². The van der Waals surface area contributed by atoms with Crippen molar-refractivity contribution in [2.24, 2.45) is 0 Å². The fraction of sp³-hybridized carbons (Fsp3) is 0.235. The van der Waals surface area contributed by atoms with Gasteiger partial charge in [0.1, 0.15) is 11.9 Å². The molecule has 1 saturated heterocycles. The fourth-order valence-electron chi connectivity index (χ4n) is 2.68. The molecular weight excluding hydrogens is 317 g/mol. The summed E-state index contributed by atoms with van der Waals surface area (Å²) in [7, 11) is 0. The van der Waals surface area contributed by atoms with Crippen LogP contribution in [0.2, 0.25) is 5.02 Å². The smallest absolute Gasteiger partial charge is 0.242 e. The Morgan fingerprint density at radius 2 is 2.04 bits per heavy atom. The second-order valence-corrected chi connectivity index (χ2v) is 6.01. The molecule has 0 radical (unpaired) electrons. The summed E-state index contributed by atoms with van der Waals surface area (Å²) in [5.74, 6) is -0.485. The minimum absolute atomic E-state index is 0.0336. The summed E-state index contributed by atoms with van der Waals surface area (Å²) < 4.78 is 13.1. The molecule has 2 aromatic rings. The van der Waals surface area contributed by atoms with Crippen LogP contribution in [-0.2, 0) is 4.79 Å². The molecule has 0 aromatic heterocycles. The van der Waals surface area contributed by atoms with Crippen LogP contribution >= 0.6 is 11.6 Å². The Hall–Kier alpha value is -1.95.